The Morgan fingerprint density at radius 2 is 2.19 bits per heavy atom. The Labute approximate surface area is 190 Å². The number of morpholine rings is 1. The number of anilines is 1. The molecule has 0 bridgehead atoms. The lowest BCUT2D eigenvalue weighted by Crippen LogP contribution is -2.59. The molecule has 32 heavy (non-hydrogen) atoms. The number of ether oxygens (including phenoxy) is 2. The molecule has 0 aliphatic carbocycles. The second-order valence-corrected chi connectivity index (χ2v) is 9.52. The summed E-state index contributed by atoms with van der Waals surface area (Å²) in [6, 6.07) is 5.24. The van der Waals surface area contributed by atoms with Crippen LogP contribution in [-0.2, 0) is 14.3 Å². The number of halogens is 1. The van der Waals surface area contributed by atoms with Crippen LogP contribution in [-0.4, -0.2) is 70.7 Å². The van der Waals surface area contributed by atoms with Crippen LogP contribution in [0.25, 0.3) is 21.8 Å². The molecule has 1 saturated heterocycles. The van der Waals surface area contributed by atoms with Gasteiger partial charge in [-0.3, -0.25) is 14.7 Å². The van der Waals surface area contributed by atoms with Crippen LogP contribution in [0.4, 0.5) is 5.69 Å². The Morgan fingerprint density at radius 3 is 2.97 bits per heavy atom. The lowest BCUT2D eigenvalue weighted by atomic mass is 10.0. The molecule has 0 saturated carbocycles. The normalized spacial score (nSPS) is 23.3. The van der Waals surface area contributed by atoms with Crippen LogP contribution in [0.2, 0.25) is 5.02 Å². The predicted octanol–water partition coefficient (Wildman–Crippen LogP) is 3.60. The number of hydrogen-bond donors (Lipinski definition) is 2. The van der Waals surface area contributed by atoms with E-state index in [-0.39, 0.29) is 24.2 Å². The molecule has 5 rings (SSSR count). The molecule has 0 unspecified atom stereocenters. The molecular weight excluding hydrogens is 430 g/mol. The third-order valence-electron chi connectivity index (χ3n) is 5.89. The molecule has 2 aromatic heterocycles. The Bertz CT molecular complexity index is 1220. The smallest absolute Gasteiger partial charge is 0.244 e. The minimum atomic E-state index is -0.481. The molecule has 168 valence electrons. The van der Waals surface area contributed by atoms with Gasteiger partial charge in [0.05, 0.1) is 47.7 Å². The summed E-state index contributed by atoms with van der Waals surface area (Å²) in [5, 5.41) is 5.56. The maximum atomic E-state index is 13.4. The highest BCUT2D eigenvalue weighted by atomic mass is 35.5. The standard InChI is InChI=1S/C23H26ClN5O3/c1-13-10-31-20(26-13)9-29-12-23(2,3)32-11-19(29)22(30)28-17-7-14(24)6-16-15-4-5-25-8-18(15)27-21(16)17/h4-8,13,19,27H,9-12H2,1-3H3,(H,28,30)/t13-,19+/m1/s1. The van der Waals surface area contributed by atoms with E-state index in [2.05, 4.69) is 25.2 Å². The number of pyridine rings is 1. The molecular formula is C23H26ClN5O3. The molecule has 1 amide bonds. The van der Waals surface area contributed by atoms with Gasteiger partial charge >= 0.3 is 0 Å². The number of aromatic nitrogens is 2. The Kier molecular flexibility index (Phi) is 5.31. The first kappa shape index (κ1) is 21.2. The van der Waals surface area contributed by atoms with Gasteiger partial charge in [-0.2, -0.15) is 0 Å². The van der Waals surface area contributed by atoms with E-state index in [0.717, 1.165) is 21.8 Å². The molecule has 4 heterocycles. The average Bonchev–Trinajstić information content (AvgIpc) is 3.30. The van der Waals surface area contributed by atoms with Crippen LogP contribution in [0.5, 0.6) is 0 Å². The van der Waals surface area contributed by atoms with Gasteiger partial charge in [-0.25, -0.2) is 4.99 Å². The van der Waals surface area contributed by atoms with Crippen LogP contribution < -0.4 is 5.32 Å². The van der Waals surface area contributed by atoms with Crippen LogP contribution >= 0.6 is 11.6 Å². The lowest BCUT2D eigenvalue weighted by Gasteiger charge is -2.42. The van der Waals surface area contributed by atoms with E-state index in [1.165, 1.54) is 0 Å². The molecule has 1 aromatic carbocycles. The number of aromatic amines is 1. The third-order valence-corrected chi connectivity index (χ3v) is 6.10. The summed E-state index contributed by atoms with van der Waals surface area (Å²) in [5.74, 6) is 0.508. The monoisotopic (exact) mass is 455 g/mol. The van der Waals surface area contributed by atoms with Crippen molar-refractivity contribution >= 4 is 50.9 Å². The molecule has 0 radical (unpaired) electrons. The predicted molar refractivity (Wildman–Crippen MR) is 125 cm³/mol. The third kappa shape index (κ3) is 4.05. The Balaban J connectivity index is 1.44. The minimum Gasteiger partial charge on any atom is -0.478 e. The molecule has 3 aromatic rings. The van der Waals surface area contributed by atoms with E-state index in [1.54, 1.807) is 18.5 Å². The van der Waals surface area contributed by atoms with Crippen LogP contribution in [0.1, 0.15) is 20.8 Å². The molecule has 8 nitrogen and oxygen atoms in total. The number of H-pyrrole nitrogens is 1. The number of rotatable bonds is 4. The molecule has 2 aliphatic heterocycles. The van der Waals surface area contributed by atoms with Crippen molar-refractivity contribution in [2.45, 2.75) is 38.5 Å². The number of nitrogens with one attached hydrogen (secondary N) is 2. The lowest BCUT2D eigenvalue weighted by molar-refractivity contribution is -0.141. The van der Waals surface area contributed by atoms with Gasteiger partial charge in [0.25, 0.3) is 0 Å². The minimum absolute atomic E-state index is 0.141. The summed E-state index contributed by atoms with van der Waals surface area (Å²) in [6.07, 6.45) is 3.50. The summed E-state index contributed by atoms with van der Waals surface area (Å²) in [7, 11) is 0. The summed E-state index contributed by atoms with van der Waals surface area (Å²) in [5.41, 5.74) is 1.96. The average molecular weight is 456 g/mol. The van der Waals surface area contributed by atoms with E-state index in [9.17, 15) is 4.79 Å². The highest BCUT2D eigenvalue weighted by Gasteiger charge is 2.39. The van der Waals surface area contributed by atoms with E-state index >= 15 is 0 Å². The first-order chi connectivity index (χ1) is 15.3. The number of fused-ring (bicyclic) bond motifs is 3. The van der Waals surface area contributed by atoms with E-state index in [1.807, 2.05) is 32.9 Å². The van der Waals surface area contributed by atoms with Crippen molar-refractivity contribution < 1.29 is 14.3 Å². The van der Waals surface area contributed by atoms with Gasteiger partial charge in [0.15, 0.2) is 5.90 Å². The van der Waals surface area contributed by atoms with Gasteiger partial charge in [-0.1, -0.05) is 11.6 Å². The summed E-state index contributed by atoms with van der Waals surface area (Å²) >= 11 is 6.40. The fraction of sp³-hybridized carbons (Fsp3) is 0.435. The topological polar surface area (TPSA) is 91.8 Å². The second-order valence-electron chi connectivity index (χ2n) is 9.09. The van der Waals surface area contributed by atoms with Crippen molar-refractivity contribution in [1.82, 2.24) is 14.9 Å². The fourth-order valence-electron chi connectivity index (χ4n) is 4.39. The molecule has 9 heteroatoms. The zero-order valence-electron chi connectivity index (χ0n) is 18.3. The van der Waals surface area contributed by atoms with E-state index in [4.69, 9.17) is 21.1 Å². The van der Waals surface area contributed by atoms with Gasteiger partial charge in [-0.15, -0.1) is 0 Å². The number of aliphatic imine (C=N–C) groups is 1. The van der Waals surface area contributed by atoms with Crippen molar-refractivity contribution in [3.63, 3.8) is 0 Å². The molecule has 0 spiro atoms. The first-order valence-electron chi connectivity index (χ1n) is 10.7. The van der Waals surface area contributed by atoms with Crippen molar-refractivity contribution in [3.8, 4) is 0 Å². The number of carbonyl (C=O) groups is 1. The van der Waals surface area contributed by atoms with Crippen molar-refractivity contribution in [3.05, 3.63) is 35.6 Å². The summed E-state index contributed by atoms with van der Waals surface area (Å²) in [4.78, 5) is 27.6. The number of benzene rings is 1. The van der Waals surface area contributed by atoms with Crippen molar-refractivity contribution in [2.24, 2.45) is 4.99 Å². The van der Waals surface area contributed by atoms with E-state index in [0.29, 0.717) is 36.3 Å². The second kappa shape index (κ2) is 8.03. The zero-order valence-corrected chi connectivity index (χ0v) is 19.1. The number of carbonyl (C=O) groups excluding carboxylic acids is 1. The quantitative estimate of drug-likeness (QED) is 0.627. The van der Waals surface area contributed by atoms with Crippen LogP contribution in [0.15, 0.2) is 35.6 Å². The SMILES string of the molecule is C[C@@H]1COC(CN2CC(C)(C)OC[C@H]2C(=O)Nc2cc(Cl)cc3c2[nH]c2cnccc23)=N1. The maximum Gasteiger partial charge on any atom is 0.244 e. The van der Waals surface area contributed by atoms with Gasteiger partial charge in [0, 0.05) is 28.5 Å². The molecule has 2 atom stereocenters. The van der Waals surface area contributed by atoms with Gasteiger partial charge in [0.2, 0.25) is 5.91 Å². The Hall–Kier alpha value is -2.68. The molecule has 1 fully saturated rings. The largest absolute Gasteiger partial charge is 0.478 e. The fourth-order valence-corrected chi connectivity index (χ4v) is 4.61. The maximum absolute atomic E-state index is 13.4. The van der Waals surface area contributed by atoms with Gasteiger partial charge in [0.1, 0.15) is 12.6 Å². The number of nitrogens with zero attached hydrogens (tertiary/aromatic N) is 3. The summed E-state index contributed by atoms with van der Waals surface area (Å²) in [6.45, 7) is 7.97. The van der Waals surface area contributed by atoms with Crippen molar-refractivity contribution in [2.75, 3.05) is 31.6 Å². The van der Waals surface area contributed by atoms with E-state index < -0.39 is 6.04 Å². The molecule has 2 aliphatic rings. The summed E-state index contributed by atoms with van der Waals surface area (Å²) < 4.78 is 11.7. The zero-order chi connectivity index (χ0) is 22.5. The van der Waals surface area contributed by atoms with Crippen molar-refractivity contribution in [1.29, 1.82) is 0 Å². The highest BCUT2D eigenvalue weighted by Crippen LogP contribution is 2.33. The number of amides is 1. The first-order valence-corrected chi connectivity index (χ1v) is 11.1. The Morgan fingerprint density at radius 1 is 1.34 bits per heavy atom. The van der Waals surface area contributed by atoms with Crippen LogP contribution in [0, 0.1) is 0 Å². The molecule has 2 N–H and O–H groups in total. The highest BCUT2D eigenvalue weighted by molar-refractivity contribution is 6.33. The van der Waals surface area contributed by atoms with Gasteiger partial charge in [-0.05, 0) is 39.0 Å². The number of hydrogen-bond acceptors (Lipinski definition) is 6. The van der Waals surface area contributed by atoms with Gasteiger partial charge < -0.3 is 19.8 Å². The van der Waals surface area contributed by atoms with Crippen LogP contribution in [0.3, 0.4) is 0 Å².